The molecule has 0 saturated heterocycles. The molecular weight excluding hydrogens is 242 g/mol. The molecular formula is C15H25NO3. The number of rotatable bonds is 5. The highest BCUT2D eigenvalue weighted by molar-refractivity contribution is 5.88. The van der Waals surface area contributed by atoms with Crippen molar-refractivity contribution in [2.75, 3.05) is 13.2 Å². The topological polar surface area (TPSA) is 46.6 Å². The summed E-state index contributed by atoms with van der Waals surface area (Å²) in [5, 5.41) is 0. The molecule has 0 spiro atoms. The van der Waals surface area contributed by atoms with Gasteiger partial charge in [0.2, 0.25) is 5.91 Å². The minimum Gasteiger partial charge on any atom is -0.465 e. The van der Waals surface area contributed by atoms with E-state index in [4.69, 9.17) is 4.74 Å². The molecule has 2 saturated carbocycles. The predicted octanol–water partition coefficient (Wildman–Crippen LogP) is 2.22. The summed E-state index contributed by atoms with van der Waals surface area (Å²) in [6.45, 7) is 10.8. The van der Waals surface area contributed by atoms with Crippen LogP contribution in [-0.4, -0.2) is 36.0 Å². The Morgan fingerprint density at radius 3 is 2.05 bits per heavy atom. The first-order chi connectivity index (χ1) is 8.73. The van der Waals surface area contributed by atoms with Crippen molar-refractivity contribution in [3.05, 3.63) is 0 Å². The van der Waals surface area contributed by atoms with Crippen LogP contribution in [0.25, 0.3) is 0 Å². The summed E-state index contributed by atoms with van der Waals surface area (Å²) in [5.74, 6) is -0.139. The zero-order chi connectivity index (χ0) is 14.4. The molecule has 1 amide bonds. The van der Waals surface area contributed by atoms with Crippen LogP contribution < -0.4 is 0 Å². The summed E-state index contributed by atoms with van der Waals surface area (Å²) < 4.78 is 4.97. The first kappa shape index (κ1) is 14.4. The molecule has 0 radical (unpaired) electrons. The van der Waals surface area contributed by atoms with Crippen LogP contribution in [0.1, 0.15) is 47.5 Å². The van der Waals surface area contributed by atoms with Gasteiger partial charge in [-0.15, -0.1) is 0 Å². The smallest absolute Gasteiger partial charge is 0.325 e. The third-order valence-electron chi connectivity index (χ3n) is 5.14. The molecule has 108 valence electrons. The summed E-state index contributed by atoms with van der Waals surface area (Å²) in [6, 6.07) is 0.254. The molecule has 4 nitrogen and oxygen atoms in total. The van der Waals surface area contributed by atoms with E-state index in [1.165, 1.54) is 0 Å². The van der Waals surface area contributed by atoms with Crippen LogP contribution in [0.4, 0.5) is 0 Å². The van der Waals surface area contributed by atoms with Crippen molar-refractivity contribution < 1.29 is 14.3 Å². The first-order valence-electron chi connectivity index (χ1n) is 7.19. The van der Waals surface area contributed by atoms with E-state index in [2.05, 4.69) is 27.7 Å². The molecule has 19 heavy (non-hydrogen) atoms. The number of carbonyl (C=O) groups excluding carboxylic acids is 2. The Bertz CT molecular complexity index is 382. The van der Waals surface area contributed by atoms with E-state index in [0.717, 1.165) is 12.8 Å². The van der Waals surface area contributed by atoms with Crippen LogP contribution in [0, 0.1) is 16.7 Å². The molecule has 2 fully saturated rings. The second-order valence-corrected chi connectivity index (χ2v) is 6.88. The maximum Gasteiger partial charge on any atom is 0.325 e. The second kappa shape index (κ2) is 4.50. The van der Waals surface area contributed by atoms with Crippen molar-refractivity contribution >= 4 is 11.9 Å². The number of esters is 1. The Hall–Kier alpha value is -1.06. The largest absolute Gasteiger partial charge is 0.465 e. The van der Waals surface area contributed by atoms with Crippen LogP contribution in [0.15, 0.2) is 0 Å². The van der Waals surface area contributed by atoms with E-state index in [1.54, 1.807) is 11.8 Å². The van der Waals surface area contributed by atoms with Gasteiger partial charge in [-0.1, -0.05) is 27.7 Å². The summed E-state index contributed by atoms with van der Waals surface area (Å²) in [7, 11) is 0. The standard InChI is InChI=1S/C15H25NO3/c1-6-19-11(17)9-16(10-7-8-10)13(18)12-14(2,3)15(12,4)5/h10,12H,6-9H2,1-5H3. The molecule has 0 unspecified atom stereocenters. The molecule has 0 aromatic carbocycles. The van der Waals surface area contributed by atoms with Crippen LogP contribution in [0.2, 0.25) is 0 Å². The van der Waals surface area contributed by atoms with Gasteiger partial charge in [-0.25, -0.2) is 0 Å². The molecule has 2 rings (SSSR count). The quantitative estimate of drug-likeness (QED) is 0.718. The molecule has 2 aliphatic carbocycles. The van der Waals surface area contributed by atoms with Crippen LogP contribution in [-0.2, 0) is 14.3 Å². The average molecular weight is 267 g/mol. The van der Waals surface area contributed by atoms with E-state index in [1.807, 2.05) is 0 Å². The average Bonchev–Trinajstić information content (AvgIpc) is 3.14. The zero-order valence-corrected chi connectivity index (χ0v) is 12.7. The zero-order valence-electron chi connectivity index (χ0n) is 12.7. The fourth-order valence-electron chi connectivity index (χ4n) is 3.10. The maximum absolute atomic E-state index is 12.7. The predicted molar refractivity (Wildman–Crippen MR) is 72.4 cm³/mol. The Balaban J connectivity index is 2.05. The minimum atomic E-state index is -0.293. The van der Waals surface area contributed by atoms with Gasteiger partial charge in [0.05, 0.1) is 6.61 Å². The fourth-order valence-corrected chi connectivity index (χ4v) is 3.10. The molecule has 0 N–H and O–H groups in total. The molecule has 2 aliphatic rings. The second-order valence-electron chi connectivity index (χ2n) is 6.88. The molecule has 0 aromatic heterocycles. The van der Waals surface area contributed by atoms with Crippen molar-refractivity contribution in [3.63, 3.8) is 0 Å². The SMILES string of the molecule is CCOC(=O)CN(C(=O)C1C(C)(C)C1(C)C)C1CC1. The molecule has 4 heteroatoms. The highest BCUT2D eigenvalue weighted by atomic mass is 16.5. The van der Waals surface area contributed by atoms with Crippen molar-refractivity contribution in [2.24, 2.45) is 16.7 Å². The lowest BCUT2D eigenvalue weighted by atomic mass is 10.0. The van der Waals surface area contributed by atoms with Crippen LogP contribution in [0.5, 0.6) is 0 Å². The lowest BCUT2D eigenvalue weighted by molar-refractivity contribution is -0.150. The van der Waals surface area contributed by atoms with Gasteiger partial charge in [0, 0.05) is 12.0 Å². The Morgan fingerprint density at radius 2 is 1.68 bits per heavy atom. The van der Waals surface area contributed by atoms with Crippen molar-refractivity contribution in [1.82, 2.24) is 4.90 Å². The van der Waals surface area contributed by atoms with Gasteiger partial charge < -0.3 is 9.64 Å². The molecule has 0 aromatic rings. The fraction of sp³-hybridized carbons (Fsp3) is 0.867. The minimum absolute atomic E-state index is 0.0197. The number of hydrogen-bond acceptors (Lipinski definition) is 3. The van der Waals surface area contributed by atoms with Gasteiger partial charge in [0.25, 0.3) is 0 Å². The monoisotopic (exact) mass is 267 g/mol. The molecule has 0 heterocycles. The van der Waals surface area contributed by atoms with Crippen molar-refractivity contribution in [3.8, 4) is 0 Å². The Labute approximate surface area is 115 Å². The normalized spacial score (nSPS) is 23.8. The van der Waals surface area contributed by atoms with Gasteiger partial charge in [-0.2, -0.15) is 0 Å². The lowest BCUT2D eigenvalue weighted by Gasteiger charge is -2.22. The highest BCUT2D eigenvalue weighted by Gasteiger charge is 2.69. The number of ether oxygens (including phenoxy) is 1. The van der Waals surface area contributed by atoms with Gasteiger partial charge >= 0.3 is 5.97 Å². The van der Waals surface area contributed by atoms with E-state index in [9.17, 15) is 9.59 Å². The lowest BCUT2D eigenvalue weighted by Crippen LogP contribution is -2.40. The summed E-state index contributed by atoms with van der Waals surface area (Å²) >= 11 is 0. The van der Waals surface area contributed by atoms with Gasteiger partial charge in [0.1, 0.15) is 6.54 Å². The van der Waals surface area contributed by atoms with E-state index in [0.29, 0.717) is 6.61 Å². The summed E-state index contributed by atoms with van der Waals surface area (Å²) in [6.07, 6.45) is 2.03. The molecule has 0 bridgehead atoms. The van der Waals surface area contributed by atoms with Gasteiger partial charge in [-0.05, 0) is 30.6 Å². The highest BCUT2D eigenvalue weighted by Crippen LogP contribution is 2.69. The van der Waals surface area contributed by atoms with Gasteiger partial charge in [0.15, 0.2) is 0 Å². The number of carbonyl (C=O) groups is 2. The molecule has 0 aliphatic heterocycles. The van der Waals surface area contributed by atoms with E-state index >= 15 is 0 Å². The molecule has 0 atom stereocenters. The number of nitrogens with zero attached hydrogens (tertiary/aromatic N) is 1. The Morgan fingerprint density at radius 1 is 1.16 bits per heavy atom. The number of amides is 1. The Kier molecular flexibility index (Phi) is 3.40. The van der Waals surface area contributed by atoms with E-state index < -0.39 is 0 Å². The van der Waals surface area contributed by atoms with Gasteiger partial charge in [-0.3, -0.25) is 9.59 Å². The number of hydrogen-bond donors (Lipinski definition) is 0. The first-order valence-corrected chi connectivity index (χ1v) is 7.19. The van der Waals surface area contributed by atoms with E-state index in [-0.39, 0.29) is 41.2 Å². The third-order valence-corrected chi connectivity index (χ3v) is 5.14. The van der Waals surface area contributed by atoms with Crippen molar-refractivity contribution in [1.29, 1.82) is 0 Å². The summed E-state index contributed by atoms with van der Waals surface area (Å²) in [4.78, 5) is 26.1. The summed E-state index contributed by atoms with van der Waals surface area (Å²) in [5.41, 5.74) is 0.0395. The third kappa shape index (κ3) is 2.37. The van der Waals surface area contributed by atoms with Crippen LogP contribution in [0.3, 0.4) is 0 Å². The maximum atomic E-state index is 12.7. The van der Waals surface area contributed by atoms with Crippen LogP contribution >= 0.6 is 0 Å². The van der Waals surface area contributed by atoms with Crippen molar-refractivity contribution in [2.45, 2.75) is 53.5 Å².